The van der Waals surface area contributed by atoms with Crippen molar-refractivity contribution in [2.45, 2.75) is 37.1 Å². The first kappa shape index (κ1) is 19.2. The Balaban J connectivity index is 1.50. The Morgan fingerprint density at radius 2 is 1.83 bits per heavy atom. The fourth-order valence-electron chi connectivity index (χ4n) is 3.98. The minimum atomic E-state index is -0.947. The van der Waals surface area contributed by atoms with Gasteiger partial charge in [-0.3, -0.25) is 4.79 Å². The molecule has 29 heavy (non-hydrogen) atoms. The molecule has 8 nitrogen and oxygen atoms in total. The zero-order valence-electron chi connectivity index (χ0n) is 15.6. The van der Waals surface area contributed by atoms with E-state index in [1.807, 2.05) is 24.3 Å². The molecular formula is C21H22N2O6. The summed E-state index contributed by atoms with van der Waals surface area (Å²) in [6, 6.07) is 14.1. The summed E-state index contributed by atoms with van der Waals surface area (Å²) >= 11 is 0. The number of aliphatic hydroxyl groups is 1. The van der Waals surface area contributed by atoms with Crippen LogP contribution in [0.5, 0.6) is 5.75 Å². The van der Waals surface area contributed by atoms with E-state index in [4.69, 9.17) is 14.6 Å². The summed E-state index contributed by atoms with van der Waals surface area (Å²) in [6.07, 6.45) is -1.14. The molecule has 4 rings (SSSR count). The van der Waals surface area contributed by atoms with Crippen LogP contribution in [-0.4, -0.2) is 47.1 Å². The van der Waals surface area contributed by atoms with Crippen LogP contribution in [0.1, 0.15) is 24.3 Å². The van der Waals surface area contributed by atoms with Crippen molar-refractivity contribution in [2.75, 3.05) is 17.2 Å². The number of carbonyl (C=O) groups excluding carboxylic acids is 1. The molecule has 4 atom stereocenters. The van der Waals surface area contributed by atoms with Gasteiger partial charge in [0.25, 0.3) is 0 Å². The highest BCUT2D eigenvalue weighted by Gasteiger charge is 2.46. The highest BCUT2D eigenvalue weighted by Crippen LogP contribution is 2.47. The fourth-order valence-corrected chi connectivity index (χ4v) is 3.98. The zero-order chi connectivity index (χ0) is 20.4. The third-order valence-electron chi connectivity index (χ3n) is 5.19. The molecule has 2 aliphatic heterocycles. The minimum Gasteiger partial charge on any atom is -0.487 e. The average molecular weight is 398 g/mol. The lowest BCUT2D eigenvalue weighted by Gasteiger charge is -2.36. The van der Waals surface area contributed by atoms with Gasteiger partial charge in [0, 0.05) is 22.9 Å². The van der Waals surface area contributed by atoms with Crippen LogP contribution in [0.25, 0.3) is 0 Å². The van der Waals surface area contributed by atoms with E-state index in [-0.39, 0.29) is 31.1 Å². The van der Waals surface area contributed by atoms with Crippen molar-refractivity contribution in [1.29, 1.82) is 0 Å². The SMILES string of the molecule is O=C(O)C[C@H]1C[C@@H]2c3cc(NC(=O)Nc4ccccc4)ccc3O[C@@H]2[C@@H](CO)O1. The number of rotatable bonds is 5. The molecule has 0 aromatic heterocycles. The Morgan fingerprint density at radius 1 is 1.07 bits per heavy atom. The minimum absolute atomic E-state index is 0.112. The van der Waals surface area contributed by atoms with Gasteiger partial charge in [-0.1, -0.05) is 18.2 Å². The summed E-state index contributed by atoms with van der Waals surface area (Å²) < 4.78 is 11.7. The van der Waals surface area contributed by atoms with Gasteiger partial charge in [-0.15, -0.1) is 0 Å². The zero-order valence-corrected chi connectivity index (χ0v) is 15.6. The summed E-state index contributed by atoms with van der Waals surface area (Å²) in [6.45, 7) is -0.254. The molecule has 2 aromatic carbocycles. The smallest absolute Gasteiger partial charge is 0.323 e. The van der Waals surface area contributed by atoms with E-state index in [0.29, 0.717) is 23.5 Å². The standard InChI is InChI=1S/C21H22N2O6/c24-11-18-20-16(9-14(28-18)10-19(25)26)15-8-13(6-7-17(15)29-20)23-21(27)22-12-4-2-1-3-5-12/h1-8,14,16,18,20,24H,9-11H2,(H,25,26)(H2,22,23,27)/t14-,16-,18-,20+/m1/s1. The van der Waals surface area contributed by atoms with Gasteiger partial charge in [0.2, 0.25) is 0 Å². The van der Waals surface area contributed by atoms with Crippen molar-refractivity contribution in [3.8, 4) is 5.75 Å². The largest absolute Gasteiger partial charge is 0.487 e. The van der Waals surface area contributed by atoms with Crippen LogP contribution in [0.15, 0.2) is 48.5 Å². The van der Waals surface area contributed by atoms with Gasteiger partial charge in [0.15, 0.2) is 0 Å². The van der Waals surface area contributed by atoms with Crippen molar-refractivity contribution in [3.63, 3.8) is 0 Å². The molecule has 0 bridgehead atoms. The van der Waals surface area contributed by atoms with E-state index in [1.165, 1.54) is 0 Å². The molecule has 2 aliphatic rings. The van der Waals surface area contributed by atoms with Crippen LogP contribution < -0.4 is 15.4 Å². The van der Waals surface area contributed by atoms with Gasteiger partial charge >= 0.3 is 12.0 Å². The number of hydrogen-bond donors (Lipinski definition) is 4. The van der Waals surface area contributed by atoms with E-state index < -0.39 is 18.2 Å². The Hall–Kier alpha value is -3.10. The molecule has 0 aliphatic carbocycles. The van der Waals surface area contributed by atoms with Gasteiger partial charge in [-0.2, -0.15) is 0 Å². The number of nitrogens with one attached hydrogen (secondary N) is 2. The predicted octanol–water partition coefficient (Wildman–Crippen LogP) is 2.80. The number of amides is 2. The lowest BCUT2D eigenvalue weighted by atomic mass is 9.84. The van der Waals surface area contributed by atoms with Crippen LogP contribution in [0, 0.1) is 0 Å². The quantitative estimate of drug-likeness (QED) is 0.615. The second kappa shape index (κ2) is 8.10. The number of urea groups is 1. The molecular weight excluding hydrogens is 376 g/mol. The number of aliphatic hydroxyl groups excluding tert-OH is 1. The van der Waals surface area contributed by atoms with Crippen LogP contribution in [-0.2, 0) is 9.53 Å². The molecule has 0 unspecified atom stereocenters. The maximum Gasteiger partial charge on any atom is 0.323 e. The summed E-state index contributed by atoms with van der Waals surface area (Å²) in [5.74, 6) is -0.400. The summed E-state index contributed by atoms with van der Waals surface area (Å²) in [5.41, 5.74) is 2.16. The molecule has 152 valence electrons. The highest BCUT2D eigenvalue weighted by atomic mass is 16.6. The Kier molecular flexibility index (Phi) is 5.37. The maximum absolute atomic E-state index is 12.3. The first-order valence-corrected chi connectivity index (χ1v) is 9.45. The Bertz CT molecular complexity index is 903. The van der Waals surface area contributed by atoms with E-state index in [0.717, 1.165) is 5.56 Å². The third kappa shape index (κ3) is 4.18. The monoisotopic (exact) mass is 398 g/mol. The third-order valence-corrected chi connectivity index (χ3v) is 5.19. The number of carbonyl (C=O) groups is 2. The number of hydrogen-bond acceptors (Lipinski definition) is 5. The van der Waals surface area contributed by atoms with Gasteiger partial charge in [-0.25, -0.2) is 4.79 Å². The van der Waals surface area contributed by atoms with Crippen LogP contribution in [0.2, 0.25) is 0 Å². The molecule has 1 saturated heterocycles. The number of aliphatic carboxylic acids is 1. The lowest BCUT2D eigenvalue weighted by Crippen LogP contribution is -2.46. The number of ether oxygens (including phenoxy) is 2. The summed E-state index contributed by atoms with van der Waals surface area (Å²) in [7, 11) is 0. The van der Waals surface area contributed by atoms with Crippen molar-refractivity contribution in [3.05, 3.63) is 54.1 Å². The highest BCUT2D eigenvalue weighted by molar-refractivity contribution is 5.99. The van der Waals surface area contributed by atoms with E-state index in [9.17, 15) is 14.7 Å². The molecule has 2 amide bonds. The van der Waals surface area contributed by atoms with Gasteiger partial charge in [0.1, 0.15) is 18.0 Å². The summed E-state index contributed by atoms with van der Waals surface area (Å²) in [5, 5.41) is 24.3. The second-order valence-corrected chi connectivity index (χ2v) is 7.20. The maximum atomic E-state index is 12.3. The van der Waals surface area contributed by atoms with Crippen LogP contribution >= 0.6 is 0 Å². The molecule has 0 radical (unpaired) electrons. The number of fused-ring (bicyclic) bond motifs is 3. The number of anilines is 2. The molecule has 8 heteroatoms. The van der Waals surface area contributed by atoms with Crippen molar-refractivity contribution < 1.29 is 29.3 Å². The van der Waals surface area contributed by atoms with Gasteiger partial charge in [-0.05, 0) is 36.8 Å². The first-order valence-electron chi connectivity index (χ1n) is 9.45. The molecule has 1 fully saturated rings. The number of benzene rings is 2. The molecule has 0 spiro atoms. The van der Waals surface area contributed by atoms with E-state index in [2.05, 4.69) is 10.6 Å². The topological polar surface area (TPSA) is 117 Å². The fraction of sp³-hybridized carbons (Fsp3) is 0.333. The second-order valence-electron chi connectivity index (χ2n) is 7.20. The van der Waals surface area contributed by atoms with E-state index >= 15 is 0 Å². The Labute approximate surface area is 167 Å². The first-order chi connectivity index (χ1) is 14.0. The molecule has 4 N–H and O–H groups in total. The van der Waals surface area contributed by atoms with Crippen molar-refractivity contribution in [1.82, 2.24) is 0 Å². The summed E-state index contributed by atoms with van der Waals surface area (Å²) in [4.78, 5) is 23.4. The number of carboxylic acids is 1. The van der Waals surface area contributed by atoms with Crippen LogP contribution in [0.4, 0.5) is 16.2 Å². The predicted molar refractivity (Wildman–Crippen MR) is 105 cm³/mol. The lowest BCUT2D eigenvalue weighted by molar-refractivity contribution is -0.153. The van der Waals surface area contributed by atoms with E-state index in [1.54, 1.807) is 24.3 Å². The van der Waals surface area contributed by atoms with Crippen LogP contribution in [0.3, 0.4) is 0 Å². The normalized spacial score (nSPS) is 24.7. The molecule has 2 aromatic rings. The average Bonchev–Trinajstić information content (AvgIpc) is 3.05. The molecule has 2 heterocycles. The van der Waals surface area contributed by atoms with Crippen molar-refractivity contribution in [2.24, 2.45) is 0 Å². The van der Waals surface area contributed by atoms with Gasteiger partial charge in [0.05, 0.1) is 19.1 Å². The number of carboxylic acid groups (broad SMARTS) is 1. The van der Waals surface area contributed by atoms with Crippen molar-refractivity contribution >= 4 is 23.4 Å². The Morgan fingerprint density at radius 3 is 2.55 bits per heavy atom. The van der Waals surface area contributed by atoms with Gasteiger partial charge < -0.3 is 30.3 Å². The number of para-hydroxylation sites is 1. The molecule has 0 saturated carbocycles.